The second kappa shape index (κ2) is 8.37. The van der Waals surface area contributed by atoms with E-state index in [9.17, 15) is 14.7 Å². The Morgan fingerprint density at radius 1 is 1.22 bits per heavy atom. The van der Waals surface area contributed by atoms with E-state index in [2.05, 4.69) is 5.16 Å². The molecule has 3 rings (SSSR count). The second-order valence-corrected chi connectivity index (χ2v) is 7.29. The van der Waals surface area contributed by atoms with Gasteiger partial charge in [0.05, 0.1) is 11.3 Å². The molecule has 1 amide bonds. The molecule has 0 unspecified atom stereocenters. The highest BCUT2D eigenvalue weighted by Crippen LogP contribution is 2.24. The van der Waals surface area contributed by atoms with E-state index in [1.807, 2.05) is 30.9 Å². The van der Waals surface area contributed by atoms with Gasteiger partial charge in [-0.2, -0.15) is 0 Å². The molecule has 1 fully saturated rings. The highest BCUT2D eigenvalue weighted by Gasteiger charge is 2.24. The van der Waals surface area contributed by atoms with Crippen LogP contribution in [0.15, 0.2) is 28.8 Å². The highest BCUT2D eigenvalue weighted by molar-refractivity contribution is 5.89. The Bertz CT molecular complexity index is 800. The largest absolute Gasteiger partial charge is 0.478 e. The summed E-state index contributed by atoms with van der Waals surface area (Å²) in [5, 5.41) is 13.3. The van der Waals surface area contributed by atoms with Crippen LogP contribution in [0.3, 0.4) is 0 Å². The van der Waals surface area contributed by atoms with Crippen molar-refractivity contribution in [3.05, 3.63) is 52.4 Å². The Labute approximate surface area is 159 Å². The first-order valence-electron chi connectivity index (χ1n) is 9.46. The Morgan fingerprint density at radius 3 is 2.56 bits per heavy atom. The number of likely N-dealkylation sites (tertiary alicyclic amines) is 1. The standard InChI is InChI=1S/C21H26N2O4/c1-14-18(15(2)27-22-14)7-8-20(24)23-11-9-16(10-12-23)13-17-5-3-4-6-19(17)21(25)26/h3-6,16H,7-13H2,1-2H3,(H,25,26). The van der Waals surface area contributed by atoms with Crippen molar-refractivity contribution in [2.45, 2.75) is 46.0 Å². The molecule has 1 aliphatic heterocycles. The average Bonchev–Trinajstić information content (AvgIpc) is 2.98. The van der Waals surface area contributed by atoms with E-state index in [-0.39, 0.29) is 5.91 Å². The summed E-state index contributed by atoms with van der Waals surface area (Å²) < 4.78 is 5.15. The van der Waals surface area contributed by atoms with Crippen molar-refractivity contribution in [2.24, 2.45) is 5.92 Å². The third kappa shape index (κ3) is 4.56. The van der Waals surface area contributed by atoms with Crippen molar-refractivity contribution in [3.63, 3.8) is 0 Å². The van der Waals surface area contributed by atoms with E-state index in [1.165, 1.54) is 0 Å². The summed E-state index contributed by atoms with van der Waals surface area (Å²) in [7, 11) is 0. The molecule has 6 heteroatoms. The average molecular weight is 370 g/mol. The summed E-state index contributed by atoms with van der Waals surface area (Å²) in [4.78, 5) is 25.8. The molecule has 2 heterocycles. The number of carboxylic acids is 1. The van der Waals surface area contributed by atoms with Crippen molar-refractivity contribution in [3.8, 4) is 0 Å². The molecule has 2 aromatic rings. The number of carbonyl (C=O) groups excluding carboxylic acids is 1. The van der Waals surface area contributed by atoms with Gasteiger partial charge in [0.2, 0.25) is 5.91 Å². The fraction of sp³-hybridized carbons (Fsp3) is 0.476. The number of piperidine rings is 1. The lowest BCUT2D eigenvalue weighted by Crippen LogP contribution is -2.39. The van der Waals surface area contributed by atoms with E-state index in [4.69, 9.17) is 4.52 Å². The van der Waals surface area contributed by atoms with Gasteiger partial charge in [0.25, 0.3) is 0 Å². The number of amides is 1. The zero-order valence-corrected chi connectivity index (χ0v) is 15.9. The van der Waals surface area contributed by atoms with Crippen LogP contribution < -0.4 is 0 Å². The van der Waals surface area contributed by atoms with Crippen molar-refractivity contribution in [1.82, 2.24) is 10.1 Å². The lowest BCUT2D eigenvalue weighted by molar-refractivity contribution is -0.132. The van der Waals surface area contributed by atoms with Gasteiger partial charge in [0.15, 0.2) is 0 Å². The van der Waals surface area contributed by atoms with Crippen LogP contribution in [-0.2, 0) is 17.6 Å². The molecule has 6 nitrogen and oxygen atoms in total. The predicted molar refractivity (Wildman–Crippen MR) is 101 cm³/mol. The third-order valence-corrected chi connectivity index (χ3v) is 5.49. The van der Waals surface area contributed by atoms with E-state index in [0.717, 1.165) is 54.9 Å². The smallest absolute Gasteiger partial charge is 0.335 e. The first kappa shape index (κ1) is 19.1. The number of aryl methyl sites for hydroxylation is 2. The first-order chi connectivity index (χ1) is 13.0. The SMILES string of the molecule is Cc1noc(C)c1CCC(=O)N1CCC(Cc2ccccc2C(=O)O)CC1. The summed E-state index contributed by atoms with van der Waals surface area (Å²) in [5.74, 6) is 0.491. The fourth-order valence-electron chi connectivity index (χ4n) is 3.85. The molecule has 1 saturated heterocycles. The number of hydrogen-bond donors (Lipinski definition) is 1. The molecule has 1 aromatic heterocycles. The summed E-state index contributed by atoms with van der Waals surface area (Å²) in [6.45, 7) is 5.25. The minimum atomic E-state index is -0.877. The van der Waals surface area contributed by atoms with Gasteiger partial charge >= 0.3 is 5.97 Å². The van der Waals surface area contributed by atoms with Crippen LogP contribution in [0, 0.1) is 19.8 Å². The molecular weight excluding hydrogens is 344 g/mol. The van der Waals surface area contributed by atoms with Gasteiger partial charge in [-0.3, -0.25) is 4.79 Å². The molecule has 0 bridgehead atoms. The summed E-state index contributed by atoms with van der Waals surface area (Å²) in [6, 6.07) is 7.19. The number of nitrogens with zero attached hydrogens (tertiary/aromatic N) is 2. The van der Waals surface area contributed by atoms with Gasteiger partial charge in [-0.1, -0.05) is 23.4 Å². The van der Waals surface area contributed by atoms with Gasteiger partial charge in [-0.25, -0.2) is 4.79 Å². The number of benzene rings is 1. The molecule has 0 radical (unpaired) electrons. The highest BCUT2D eigenvalue weighted by atomic mass is 16.5. The Kier molecular flexibility index (Phi) is 5.94. The quantitative estimate of drug-likeness (QED) is 0.842. The number of aromatic nitrogens is 1. The van der Waals surface area contributed by atoms with Crippen LogP contribution in [0.5, 0.6) is 0 Å². The summed E-state index contributed by atoms with van der Waals surface area (Å²) >= 11 is 0. The maximum absolute atomic E-state index is 12.5. The van der Waals surface area contributed by atoms with Gasteiger partial charge in [-0.05, 0) is 57.1 Å². The minimum Gasteiger partial charge on any atom is -0.478 e. The summed E-state index contributed by atoms with van der Waals surface area (Å²) in [5.41, 5.74) is 3.16. The summed E-state index contributed by atoms with van der Waals surface area (Å²) in [6.07, 6.45) is 3.70. The van der Waals surface area contributed by atoms with E-state index < -0.39 is 5.97 Å². The van der Waals surface area contributed by atoms with Crippen molar-refractivity contribution in [1.29, 1.82) is 0 Å². The van der Waals surface area contributed by atoms with E-state index in [0.29, 0.717) is 24.3 Å². The first-order valence-corrected chi connectivity index (χ1v) is 9.46. The van der Waals surface area contributed by atoms with Crippen LogP contribution in [0.4, 0.5) is 0 Å². The molecule has 1 aliphatic rings. The molecule has 0 saturated carbocycles. The minimum absolute atomic E-state index is 0.166. The van der Waals surface area contributed by atoms with Gasteiger partial charge in [0, 0.05) is 25.1 Å². The molecule has 144 valence electrons. The van der Waals surface area contributed by atoms with Crippen LogP contribution >= 0.6 is 0 Å². The van der Waals surface area contributed by atoms with Crippen molar-refractivity contribution < 1.29 is 19.2 Å². The number of aromatic carboxylic acids is 1. The van der Waals surface area contributed by atoms with Gasteiger partial charge in [0.1, 0.15) is 5.76 Å². The topological polar surface area (TPSA) is 83.6 Å². The van der Waals surface area contributed by atoms with Crippen LogP contribution in [-0.4, -0.2) is 40.1 Å². The number of hydrogen-bond acceptors (Lipinski definition) is 4. The Morgan fingerprint density at radius 2 is 1.93 bits per heavy atom. The maximum atomic E-state index is 12.5. The fourth-order valence-corrected chi connectivity index (χ4v) is 3.85. The predicted octanol–water partition coefficient (Wildman–Crippen LogP) is 3.40. The van der Waals surface area contributed by atoms with Crippen molar-refractivity contribution in [2.75, 3.05) is 13.1 Å². The monoisotopic (exact) mass is 370 g/mol. The normalized spacial score (nSPS) is 15.1. The molecule has 0 spiro atoms. The maximum Gasteiger partial charge on any atom is 0.335 e. The Balaban J connectivity index is 1.50. The van der Waals surface area contributed by atoms with Gasteiger partial charge in [-0.15, -0.1) is 0 Å². The number of carbonyl (C=O) groups is 2. The molecule has 0 aliphatic carbocycles. The van der Waals surface area contributed by atoms with Crippen molar-refractivity contribution >= 4 is 11.9 Å². The Hall–Kier alpha value is -2.63. The third-order valence-electron chi connectivity index (χ3n) is 5.49. The lowest BCUT2D eigenvalue weighted by atomic mass is 9.88. The molecule has 27 heavy (non-hydrogen) atoms. The zero-order valence-electron chi connectivity index (χ0n) is 15.9. The zero-order chi connectivity index (χ0) is 19.4. The van der Waals surface area contributed by atoms with E-state index in [1.54, 1.807) is 12.1 Å². The van der Waals surface area contributed by atoms with Crippen LogP contribution in [0.2, 0.25) is 0 Å². The number of rotatable bonds is 6. The van der Waals surface area contributed by atoms with Crippen LogP contribution in [0.1, 0.15) is 52.2 Å². The van der Waals surface area contributed by atoms with E-state index >= 15 is 0 Å². The van der Waals surface area contributed by atoms with Gasteiger partial charge < -0.3 is 14.5 Å². The molecular formula is C21H26N2O4. The second-order valence-electron chi connectivity index (χ2n) is 7.29. The van der Waals surface area contributed by atoms with Crippen LogP contribution in [0.25, 0.3) is 0 Å². The molecule has 1 N–H and O–H groups in total. The number of carboxylic acid groups (broad SMARTS) is 1. The molecule has 0 atom stereocenters. The lowest BCUT2D eigenvalue weighted by Gasteiger charge is -2.32. The molecule has 1 aromatic carbocycles.